The van der Waals surface area contributed by atoms with E-state index in [9.17, 15) is 0 Å². The van der Waals surface area contributed by atoms with Crippen LogP contribution in [0.1, 0.15) is 203 Å². The second-order valence-electron chi connectivity index (χ2n) is 23.8. The van der Waals surface area contributed by atoms with E-state index in [1.165, 1.54) is 98.7 Å². The van der Waals surface area contributed by atoms with E-state index in [0.717, 1.165) is 0 Å². The molecule has 0 aromatic heterocycles. The fourth-order valence-electron chi connectivity index (χ4n) is 14.1. The van der Waals surface area contributed by atoms with Gasteiger partial charge in [0.05, 0.1) is 5.03 Å². The van der Waals surface area contributed by atoms with Gasteiger partial charge in [0, 0.05) is 37.1 Å². The first-order chi connectivity index (χ1) is 28.9. The van der Waals surface area contributed by atoms with Gasteiger partial charge in [0.1, 0.15) is 0 Å². The third kappa shape index (κ3) is 5.81. The van der Waals surface area contributed by atoms with Gasteiger partial charge in [0.25, 0.3) is 0 Å². The Morgan fingerprint density at radius 3 is 2.00 bits per heavy atom. The van der Waals surface area contributed by atoms with Crippen molar-refractivity contribution >= 4 is 52.5 Å². The van der Waals surface area contributed by atoms with E-state index in [1.807, 2.05) is 0 Å². The highest BCUT2D eigenvalue weighted by Gasteiger charge is 2.63. The molecule has 61 heavy (non-hydrogen) atoms. The lowest BCUT2D eigenvalue weighted by atomic mass is 9.30. The average molecular weight is 844 g/mol. The third-order valence-corrected chi connectivity index (χ3v) is 21.7. The van der Waals surface area contributed by atoms with E-state index in [0.29, 0.717) is 11.8 Å². The van der Waals surface area contributed by atoms with Crippen LogP contribution >= 0.6 is 23.5 Å². The summed E-state index contributed by atoms with van der Waals surface area (Å²) in [7, 11) is 0. The van der Waals surface area contributed by atoms with Gasteiger partial charge in [0.2, 0.25) is 6.71 Å². The molecule has 0 saturated heterocycles. The van der Waals surface area contributed by atoms with Crippen LogP contribution in [0, 0.1) is 5.41 Å². The summed E-state index contributed by atoms with van der Waals surface area (Å²) in [6, 6.07) is 30.8. The summed E-state index contributed by atoms with van der Waals surface area (Å²) in [4.78, 5) is 4.42. The SMILES string of the molecule is CC1c2cc(C3CCCCC3)cc3c2B(C2=C(SC4(C)CCCC24C)N3c2cccc(C(C)(C)C)c2)c2cc3c(cc2C1c1cccc(C(C)(C)C)c1)C1(C)CCCC1(C)S3. The maximum Gasteiger partial charge on any atom is 0.244 e. The van der Waals surface area contributed by atoms with E-state index in [2.05, 4.69) is 177 Å². The predicted octanol–water partition coefficient (Wildman–Crippen LogP) is 15.1. The van der Waals surface area contributed by atoms with Crippen molar-refractivity contribution in [1.29, 1.82) is 0 Å². The molecule has 4 heterocycles. The van der Waals surface area contributed by atoms with E-state index in [-0.39, 0.29) is 43.8 Å². The molecule has 6 atom stereocenters. The molecule has 0 bridgehead atoms. The van der Waals surface area contributed by atoms with Crippen LogP contribution in [0.15, 0.2) is 88.2 Å². The van der Waals surface area contributed by atoms with Crippen LogP contribution in [0.5, 0.6) is 0 Å². The van der Waals surface area contributed by atoms with Crippen molar-refractivity contribution < 1.29 is 0 Å². The number of hydrogen-bond donors (Lipinski definition) is 0. The van der Waals surface area contributed by atoms with Gasteiger partial charge in [0.15, 0.2) is 0 Å². The van der Waals surface area contributed by atoms with Gasteiger partial charge in [-0.25, -0.2) is 0 Å². The molecule has 0 amide bonds. The summed E-state index contributed by atoms with van der Waals surface area (Å²) in [5, 5.41) is 1.55. The monoisotopic (exact) mass is 844 g/mol. The van der Waals surface area contributed by atoms with Crippen molar-refractivity contribution in [3.63, 3.8) is 0 Å². The number of nitrogens with zero attached hydrogens (tertiary/aromatic N) is 1. The third-order valence-electron chi connectivity index (χ3n) is 18.3. The van der Waals surface area contributed by atoms with Crippen molar-refractivity contribution in [2.75, 3.05) is 4.90 Å². The first-order valence-corrected chi connectivity index (χ1v) is 26.0. The highest BCUT2D eigenvalue weighted by atomic mass is 32.2. The summed E-state index contributed by atoms with van der Waals surface area (Å²) in [5.41, 5.74) is 19.1. The molecule has 0 spiro atoms. The Morgan fingerprint density at radius 2 is 1.30 bits per heavy atom. The lowest BCUT2D eigenvalue weighted by Crippen LogP contribution is -2.55. The molecule has 4 aliphatic heterocycles. The molecule has 4 aromatic carbocycles. The quantitative estimate of drug-likeness (QED) is 0.189. The van der Waals surface area contributed by atoms with Crippen LogP contribution in [0.25, 0.3) is 0 Å². The predicted molar refractivity (Wildman–Crippen MR) is 267 cm³/mol. The van der Waals surface area contributed by atoms with E-state index < -0.39 is 0 Å². The summed E-state index contributed by atoms with van der Waals surface area (Å²) in [5.74, 6) is 1.20. The summed E-state index contributed by atoms with van der Waals surface area (Å²) >= 11 is 4.50. The molecule has 6 unspecified atom stereocenters. The number of thioether (sulfide) groups is 2. The smallest absolute Gasteiger partial charge is 0.244 e. The van der Waals surface area contributed by atoms with Crippen molar-refractivity contribution in [2.45, 2.75) is 195 Å². The Morgan fingerprint density at radius 1 is 0.639 bits per heavy atom. The maximum absolute atomic E-state index is 2.84. The fraction of sp³-hybridized carbons (Fsp3) is 0.544. The van der Waals surface area contributed by atoms with Crippen molar-refractivity contribution in [3.8, 4) is 0 Å². The maximum atomic E-state index is 2.84. The van der Waals surface area contributed by atoms with Gasteiger partial charge in [-0.2, -0.15) is 0 Å². The topological polar surface area (TPSA) is 3.24 Å². The van der Waals surface area contributed by atoms with Gasteiger partial charge in [-0.05, 0) is 143 Å². The molecule has 318 valence electrons. The molecule has 7 aliphatic rings. The first-order valence-electron chi connectivity index (χ1n) is 24.4. The molecule has 4 heteroatoms. The van der Waals surface area contributed by atoms with E-state index >= 15 is 0 Å². The largest absolute Gasteiger partial charge is 0.306 e. The Balaban J connectivity index is 1.26. The van der Waals surface area contributed by atoms with Gasteiger partial charge in [-0.15, -0.1) is 23.5 Å². The number of fused-ring (bicyclic) bond motifs is 8. The molecule has 4 aromatic rings. The molecule has 3 saturated carbocycles. The van der Waals surface area contributed by atoms with Crippen molar-refractivity contribution in [3.05, 3.63) is 122 Å². The lowest BCUT2D eigenvalue weighted by Gasteiger charge is -2.42. The van der Waals surface area contributed by atoms with Crippen LogP contribution < -0.4 is 15.8 Å². The summed E-state index contributed by atoms with van der Waals surface area (Å²) in [6.07, 6.45) is 14.5. The van der Waals surface area contributed by atoms with Crippen LogP contribution in [0.2, 0.25) is 0 Å². The van der Waals surface area contributed by atoms with Gasteiger partial charge >= 0.3 is 0 Å². The van der Waals surface area contributed by atoms with Crippen LogP contribution in [-0.2, 0) is 16.2 Å². The van der Waals surface area contributed by atoms with Gasteiger partial charge in [-0.3, -0.25) is 0 Å². The Hall–Kier alpha value is -2.82. The minimum absolute atomic E-state index is 0.0650. The fourth-order valence-corrected chi connectivity index (χ4v) is 17.7. The first kappa shape index (κ1) is 40.9. The zero-order chi connectivity index (χ0) is 42.6. The second-order valence-corrected chi connectivity index (χ2v) is 26.9. The highest BCUT2D eigenvalue weighted by Crippen LogP contribution is 2.70. The molecular weight excluding hydrogens is 774 g/mol. The van der Waals surface area contributed by atoms with Crippen molar-refractivity contribution in [1.82, 2.24) is 0 Å². The van der Waals surface area contributed by atoms with Gasteiger partial charge < -0.3 is 4.90 Å². The minimum Gasteiger partial charge on any atom is -0.306 e. The molecule has 3 fully saturated rings. The second kappa shape index (κ2) is 13.6. The molecule has 3 aliphatic carbocycles. The van der Waals surface area contributed by atoms with Gasteiger partial charge in [-0.1, -0.05) is 160 Å². The number of benzene rings is 4. The molecule has 11 rings (SSSR count). The molecule has 1 nitrogen and oxygen atoms in total. The summed E-state index contributed by atoms with van der Waals surface area (Å²) in [6.45, 7) is 27.8. The number of anilines is 2. The number of rotatable bonds is 3. The zero-order valence-corrected chi connectivity index (χ0v) is 40.9. The van der Waals surface area contributed by atoms with E-state index in [4.69, 9.17) is 0 Å². The Bertz CT molecular complexity index is 2510. The van der Waals surface area contributed by atoms with E-state index in [1.54, 1.807) is 48.6 Å². The standard InChI is InChI=1S/C57H70BNS2/c1-35-42-30-38(36-19-13-12-14-20-36)31-46-49(42)58(50-51(61-57(11)28-18-26-55(50,57)9)59(46)41-24-16-23-40(32-41)53(5,6)7)45-34-47-44(54(8)25-17-27-56(54,10)60-47)33-43(45)48(35)37-21-15-22-39(29-37)52(2,3)4/h15-16,21-24,29-36,48H,12-14,17-20,25-28H2,1-11H3. The number of allylic oxidation sites excluding steroid dienone is 1. The lowest BCUT2D eigenvalue weighted by molar-refractivity contribution is 0.366. The number of hydrogen-bond acceptors (Lipinski definition) is 3. The minimum atomic E-state index is 0.0650. The van der Waals surface area contributed by atoms with Crippen LogP contribution in [0.4, 0.5) is 11.4 Å². The average Bonchev–Trinajstić information content (AvgIpc) is 3.81. The highest BCUT2D eigenvalue weighted by molar-refractivity contribution is 8.05. The normalized spacial score (nSPS) is 31.7. The van der Waals surface area contributed by atoms with Crippen LogP contribution in [-0.4, -0.2) is 16.2 Å². The molecule has 0 radical (unpaired) electrons. The van der Waals surface area contributed by atoms with Crippen LogP contribution in [0.3, 0.4) is 0 Å². The van der Waals surface area contributed by atoms with Crippen molar-refractivity contribution in [2.24, 2.45) is 5.41 Å². The Labute approximate surface area is 378 Å². The Kier molecular flexibility index (Phi) is 9.13. The summed E-state index contributed by atoms with van der Waals surface area (Å²) < 4.78 is 0.416. The molecular formula is C57H70BNS2. The molecule has 0 N–H and O–H groups in total. The zero-order valence-electron chi connectivity index (χ0n) is 39.3.